The molecular weight excluding hydrogens is 719 g/mol. The van der Waals surface area contributed by atoms with Crippen LogP contribution in [0.2, 0.25) is 0 Å². The first-order valence-corrected chi connectivity index (χ1v) is 21.6. The van der Waals surface area contributed by atoms with E-state index in [1.807, 2.05) is 0 Å². The van der Waals surface area contributed by atoms with Crippen molar-refractivity contribution in [2.24, 2.45) is 20.0 Å². The first kappa shape index (κ1) is 33.1. The van der Waals surface area contributed by atoms with E-state index in [-0.39, 0.29) is 77.2 Å². The number of amidine groups is 2. The summed E-state index contributed by atoms with van der Waals surface area (Å²) < 4.78 is 85.5. The highest BCUT2D eigenvalue weighted by molar-refractivity contribution is 7.92. The van der Waals surface area contributed by atoms with Gasteiger partial charge in [-0.3, -0.25) is 0 Å². The Balaban J connectivity index is 1.63. The standard InChI is InChI=1S/C33H30BClN6O6S3/c1-4-16-48(42,43)22-13-7-10-19-25(22)29-36-28(19)37-32-26-21(12-9-14-23(26)49(44,45)17-5-2)31-39-33-27-20(30(38-29)40(33)34(35)41(31)32)11-8-15-24(27)50(46,47)18-6-3/h7-15H,4-6,16-18H2,1-3H3. The van der Waals surface area contributed by atoms with Crippen molar-refractivity contribution in [3.05, 3.63) is 76.7 Å². The highest BCUT2D eigenvalue weighted by Gasteiger charge is 2.39. The summed E-state index contributed by atoms with van der Waals surface area (Å²) in [7, 11) is -11.4. The van der Waals surface area contributed by atoms with Crippen LogP contribution in [0.4, 0.5) is 11.6 Å². The van der Waals surface area contributed by atoms with Crippen LogP contribution in [-0.2, 0) is 29.5 Å². The fraction of sp³-hybridized carbons (Fsp3) is 0.273. The second-order valence-corrected chi connectivity index (χ2v) is 19.1. The molecule has 17 heteroatoms. The van der Waals surface area contributed by atoms with E-state index in [0.717, 1.165) is 0 Å². The largest absolute Gasteiger partial charge is 0.499 e. The molecule has 0 radical (unpaired) electrons. The SMILES string of the molecule is CCCS(=O)(=O)c1cccc2c1C1=Nc3c4cccc(S(=O)(=O)CCC)c4c4n3B(Cl)n3c(c5cccc(S(=O)(=O)CCC)c5c3=NC2=N1)=N4. The maximum absolute atomic E-state index is 13.8. The third kappa shape index (κ3) is 4.64. The van der Waals surface area contributed by atoms with Gasteiger partial charge in [0.05, 0.1) is 31.9 Å². The van der Waals surface area contributed by atoms with Crippen LogP contribution in [-0.4, -0.2) is 69.5 Å². The molecule has 256 valence electrons. The second kappa shape index (κ2) is 11.5. The summed E-state index contributed by atoms with van der Waals surface area (Å²) in [5, 5.41) is 1.46. The van der Waals surface area contributed by atoms with Crippen molar-refractivity contribution < 1.29 is 25.3 Å². The molecule has 8 rings (SSSR count). The Morgan fingerprint density at radius 1 is 0.580 bits per heavy atom. The number of aromatic nitrogens is 2. The Morgan fingerprint density at radius 3 is 1.78 bits per heavy atom. The number of nitrogens with zero attached hydrogens (tertiary/aromatic N) is 6. The molecule has 4 bridgehead atoms. The fourth-order valence-electron chi connectivity index (χ4n) is 7.11. The lowest BCUT2D eigenvalue weighted by atomic mass is 10.1. The zero-order valence-corrected chi connectivity index (χ0v) is 30.5. The second-order valence-electron chi connectivity index (χ2n) is 12.4. The lowest BCUT2D eigenvalue weighted by Crippen LogP contribution is -2.45. The van der Waals surface area contributed by atoms with E-state index in [4.69, 9.17) is 31.4 Å². The summed E-state index contributed by atoms with van der Waals surface area (Å²) in [4.78, 5) is 19.9. The van der Waals surface area contributed by atoms with Crippen LogP contribution in [0.5, 0.6) is 0 Å². The molecule has 50 heavy (non-hydrogen) atoms. The van der Waals surface area contributed by atoms with Crippen molar-refractivity contribution >= 4 is 92.2 Å². The summed E-state index contributed by atoms with van der Waals surface area (Å²) in [5.41, 5.74) is 1.10. The summed E-state index contributed by atoms with van der Waals surface area (Å²) >= 11 is 7.40. The van der Waals surface area contributed by atoms with Crippen molar-refractivity contribution in [3.8, 4) is 0 Å². The monoisotopic (exact) mass is 748 g/mol. The van der Waals surface area contributed by atoms with E-state index in [9.17, 15) is 25.3 Å². The lowest BCUT2D eigenvalue weighted by molar-refractivity contribution is 0.593. The molecule has 5 aromatic rings. The van der Waals surface area contributed by atoms with Gasteiger partial charge in [-0.05, 0) is 37.5 Å². The Kier molecular flexibility index (Phi) is 7.57. The maximum Gasteiger partial charge on any atom is 0.499 e. The summed E-state index contributed by atoms with van der Waals surface area (Å²) in [6, 6.07) is 14.6. The molecule has 3 aliphatic rings. The van der Waals surface area contributed by atoms with E-state index in [0.29, 0.717) is 41.0 Å². The minimum Gasteiger partial charge on any atom is -0.319 e. The van der Waals surface area contributed by atoms with Crippen LogP contribution in [0, 0.1) is 0 Å². The van der Waals surface area contributed by atoms with Crippen molar-refractivity contribution in [3.63, 3.8) is 0 Å². The average molecular weight is 749 g/mol. The summed E-state index contributed by atoms with van der Waals surface area (Å²) in [6.07, 6.45) is 0.0140. The van der Waals surface area contributed by atoms with Gasteiger partial charge in [-0.15, -0.1) is 11.5 Å². The maximum atomic E-state index is 13.8. The van der Waals surface area contributed by atoms with Crippen LogP contribution in [0.15, 0.2) is 89.3 Å². The molecule has 5 heterocycles. The van der Waals surface area contributed by atoms with E-state index in [1.54, 1.807) is 66.1 Å². The highest BCUT2D eigenvalue weighted by Crippen LogP contribution is 2.44. The van der Waals surface area contributed by atoms with E-state index in [1.165, 1.54) is 18.2 Å². The topological polar surface area (TPSA) is 162 Å². The molecule has 0 aliphatic carbocycles. The number of fused-ring (bicyclic) bond motifs is 10. The van der Waals surface area contributed by atoms with Crippen molar-refractivity contribution in [2.45, 2.75) is 54.7 Å². The van der Waals surface area contributed by atoms with Crippen molar-refractivity contribution in [2.75, 3.05) is 17.3 Å². The first-order chi connectivity index (χ1) is 23.8. The highest BCUT2D eigenvalue weighted by atomic mass is 35.5. The normalized spacial score (nSPS) is 15.1. The van der Waals surface area contributed by atoms with Gasteiger partial charge in [-0.25, -0.2) is 45.2 Å². The summed E-state index contributed by atoms with van der Waals surface area (Å²) in [5.74, 6) is 0.286. The molecule has 0 saturated carbocycles. The van der Waals surface area contributed by atoms with Gasteiger partial charge < -0.3 is 8.96 Å². The van der Waals surface area contributed by atoms with Crippen LogP contribution in [0.3, 0.4) is 0 Å². The Labute approximate surface area is 293 Å². The van der Waals surface area contributed by atoms with Gasteiger partial charge in [0.25, 0.3) is 0 Å². The minimum absolute atomic E-state index is 0.0340. The first-order valence-electron chi connectivity index (χ1n) is 16.2. The van der Waals surface area contributed by atoms with Gasteiger partial charge in [0.1, 0.15) is 22.6 Å². The van der Waals surface area contributed by atoms with Crippen LogP contribution >= 0.6 is 11.5 Å². The molecule has 0 spiro atoms. The predicted molar refractivity (Wildman–Crippen MR) is 194 cm³/mol. The average Bonchev–Trinajstić information content (AvgIpc) is 3.69. The van der Waals surface area contributed by atoms with E-state index in [2.05, 4.69) is 0 Å². The number of benzene rings is 3. The number of sulfone groups is 3. The quantitative estimate of drug-likeness (QED) is 0.202. The Hall–Kier alpha value is -4.12. The third-order valence-corrected chi connectivity index (χ3v) is 15.3. The molecule has 3 aliphatic heterocycles. The van der Waals surface area contributed by atoms with Gasteiger partial charge >= 0.3 is 6.40 Å². The zero-order valence-electron chi connectivity index (χ0n) is 27.3. The molecule has 0 fully saturated rings. The molecule has 0 unspecified atom stereocenters. The molecule has 2 aromatic heterocycles. The smallest absolute Gasteiger partial charge is 0.319 e. The van der Waals surface area contributed by atoms with Gasteiger partial charge in [0, 0.05) is 32.7 Å². The molecule has 12 nitrogen and oxygen atoms in total. The predicted octanol–water partition coefficient (Wildman–Crippen LogP) is 4.50. The minimum atomic E-state index is -3.81. The van der Waals surface area contributed by atoms with Gasteiger partial charge in [-0.2, -0.15) is 0 Å². The van der Waals surface area contributed by atoms with Crippen LogP contribution < -0.4 is 11.0 Å². The number of aliphatic imine (C=N–C) groups is 2. The van der Waals surface area contributed by atoms with Gasteiger partial charge in [0.2, 0.25) is 0 Å². The molecule has 0 N–H and O–H groups in total. The molecular formula is C33H30BClN6O6S3. The zero-order chi connectivity index (χ0) is 35.3. The van der Waals surface area contributed by atoms with Crippen molar-refractivity contribution in [1.29, 1.82) is 0 Å². The number of hydrogen-bond acceptors (Lipinski definition) is 10. The molecule has 0 amide bonds. The lowest BCUT2D eigenvalue weighted by Gasteiger charge is -2.18. The van der Waals surface area contributed by atoms with E-state index < -0.39 is 35.9 Å². The molecule has 3 aromatic carbocycles. The van der Waals surface area contributed by atoms with Gasteiger partial charge in [-0.1, -0.05) is 57.2 Å². The fourth-order valence-corrected chi connectivity index (χ4v) is 12.1. The Bertz CT molecular complexity index is 2880. The number of hydrogen-bond donors (Lipinski definition) is 0. The van der Waals surface area contributed by atoms with Crippen LogP contribution in [0.25, 0.3) is 21.5 Å². The van der Waals surface area contributed by atoms with E-state index >= 15 is 0 Å². The van der Waals surface area contributed by atoms with Gasteiger partial charge in [0.15, 0.2) is 41.2 Å². The number of halogens is 1. The molecule has 0 saturated heterocycles. The van der Waals surface area contributed by atoms with Crippen molar-refractivity contribution in [1.82, 2.24) is 8.96 Å². The number of rotatable bonds is 9. The Morgan fingerprint density at radius 2 is 1.14 bits per heavy atom. The van der Waals surface area contributed by atoms with Crippen LogP contribution in [0.1, 0.15) is 51.2 Å². The third-order valence-electron chi connectivity index (χ3n) is 9.08. The molecule has 0 atom stereocenters. The summed E-state index contributed by atoms with van der Waals surface area (Å²) in [6.45, 7) is 5.34.